The van der Waals surface area contributed by atoms with Crippen LogP contribution in [0.4, 0.5) is 0 Å². The highest BCUT2D eigenvalue weighted by Gasteiger charge is 2.01. The van der Waals surface area contributed by atoms with Gasteiger partial charge in [0.25, 0.3) is 0 Å². The molecule has 1 aromatic rings. The molecular weight excluding hydrogens is 226 g/mol. The number of nitriles is 1. The summed E-state index contributed by atoms with van der Waals surface area (Å²) in [5, 5.41) is 12.1. The summed E-state index contributed by atoms with van der Waals surface area (Å²) in [5.74, 6) is 0.701. The molecule has 0 fully saturated rings. The van der Waals surface area contributed by atoms with Gasteiger partial charge in [0.2, 0.25) is 0 Å². The van der Waals surface area contributed by atoms with Crippen LogP contribution in [-0.2, 0) is 18.3 Å². The molecule has 4 nitrogen and oxygen atoms in total. The summed E-state index contributed by atoms with van der Waals surface area (Å²) in [6.45, 7) is 7.60. The first-order valence-electron chi connectivity index (χ1n) is 6.47. The number of rotatable bonds is 8. The highest BCUT2D eigenvalue weighted by molar-refractivity contribution is 5.28. The fourth-order valence-electron chi connectivity index (χ4n) is 1.64. The SMILES string of the molecule is CC(C)CCOCCNCc1cc(C#N)n(C)c1. The van der Waals surface area contributed by atoms with Gasteiger partial charge in [0, 0.05) is 32.9 Å². The quantitative estimate of drug-likeness (QED) is 0.717. The van der Waals surface area contributed by atoms with Crippen molar-refractivity contribution in [2.75, 3.05) is 19.8 Å². The monoisotopic (exact) mass is 249 g/mol. The first-order valence-corrected chi connectivity index (χ1v) is 6.47. The molecule has 100 valence electrons. The van der Waals surface area contributed by atoms with E-state index >= 15 is 0 Å². The summed E-state index contributed by atoms with van der Waals surface area (Å²) in [4.78, 5) is 0. The van der Waals surface area contributed by atoms with Gasteiger partial charge in [-0.1, -0.05) is 13.8 Å². The Kier molecular flexibility index (Phi) is 6.48. The molecule has 18 heavy (non-hydrogen) atoms. The molecule has 0 radical (unpaired) electrons. The first kappa shape index (κ1) is 14.7. The largest absolute Gasteiger partial charge is 0.380 e. The number of aromatic nitrogens is 1. The minimum atomic E-state index is 0.694. The van der Waals surface area contributed by atoms with Crippen molar-refractivity contribution in [2.45, 2.75) is 26.8 Å². The molecule has 0 aliphatic rings. The lowest BCUT2D eigenvalue weighted by atomic mass is 10.1. The van der Waals surface area contributed by atoms with Crippen LogP contribution < -0.4 is 5.32 Å². The highest BCUT2D eigenvalue weighted by Crippen LogP contribution is 2.05. The van der Waals surface area contributed by atoms with Crippen LogP contribution in [0.2, 0.25) is 0 Å². The van der Waals surface area contributed by atoms with Gasteiger partial charge in [-0.25, -0.2) is 0 Å². The summed E-state index contributed by atoms with van der Waals surface area (Å²) < 4.78 is 7.36. The number of nitrogens with one attached hydrogen (secondary N) is 1. The van der Waals surface area contributed by atoms with E-state index < -0.39 is 0 Å². The molecule has 0 spiro atoms. The third-order valence-corrected chi connectivity index (χ3v) is 2.77. The van der Waals surface area contributed by atoms with E-state index in [9.17, 15) is 0 Å². The van der Waals surface area contributed by atoms with E-state index in [0.29, 0.717) is 11.6 Å². The average molecular weight is 249 g/mol. The van der Waals surface area contributed by atoms with Gasteiger partial charge >= 0.3 is 0 Å². The van der Waals surface area contributed by atoms with Gasteiger partial charge < -0.3 is 14.6 Å². The van der Waals surface area contributed by atoms with Crippen LogP contribution in [0.3, 0.4) is 0 Å². The van der Waals surface area contributed by atoms with E-state index in [2.05, 4.69) is 25.2 Å². The van der Waals surface area contributed by atoms with Gasteiger partial charge in [0.15, 0.2) is 0 Å². The van der Waals surface area contributed by atoms with Crippen molar-refractivity contribution in [1.82, 2.24) is 9.88 Å². The molecule has 0 unspecified atom stereocenters. The van der Waals surface area contributed by atoms with Crippen LogP contribution in [0.15, 0.2) is 12.3 Å². The average Bonchev–Trinajstić information content (AvgIpc) is 2.68. The minimum absolute atomic E-state index is 0.694. The van der Waals surface area contributed by atoms with Gasteiger partial charge in [-0.05, 0) is 24.0 Å². The molecule has 0 amide bonds. The smallest absolute Gasteiger partial charge is 0.120 e. The number of hydrogen-bond donors (Lipinski definition) is 1. The van der Waals surface area contributed by atoms with Gasteiger partial charge in [-0.2, -0.15) is 5.26 Å². The Morgan fingerprint density at radius 3 is 2.83 bits per heavy atom. The van der Waals surface area contributed by atoms with Gasteiger partial charge in [0.05, 0.1) is 6.61 Å². The highest BCUT2D eigenvalue weighted by atomic mass is 16.5. The molecule has 0 aliphatic heterocycles. The second-order valence-electron chi connectivity index (χ2n) is 4.93. The molecular formula is C14H23N3O. The summed E-state index contributed by atoms with van der Waals surface area (Å²) in [5.41, 5.74) is 1.83. The fourth-order valence-corrected chi connectivity index (χ4v) is 1.64. The minimum Gasteiger partial charge on any atom is -0.380 e. The molecule has 4 heteroatoms. The standard InChI is InChI=1S/C14H23N3O/c1-12(2)4-6-18-7-5-16-10-13-8-14(9-15)17(3)11-13/h8,11-12,16H,4-7,10H2,1-3H3. The molecule has 1 heterocycles. The second kappa shape index (κ2) is 7.91. The Morgan fingerprint density at radius 1 is 1.44 bits per heavy atom. The molecule has 1 rings (SSSR count). The zero-order chi connectivity index (χ0) is 13.4. The van der Waals surface area contributed by atoms with Crippen LogP contribution in [0.25, 0.3) is 0 Å². The Hall–Kier alpha value is -1.31. The third kappa shape index (κ3) is 5.35. The first-order chi connectivity index (χ1) is 8.63. The molecule has 0 atom stereocenters. The van der Waals surface area contributed by atoms with Crippen LogP contribution >= 0.6 is 0 Å². The maximum atomic E-state index is 8.83. The number of nitrogens with zero attached hydrogens (tertiary/aromatic N) is 2. The number of hydrogen-bond acceptors (Lipinski definition) is 3. The van der Waals surface area contributed by atoms with Crippen LogP contribution in [0.1, 0.15) is 31.5 Å². The summed E-state index contributed by atoms with van der Waals surface area (Å²) in [6.07, 6.45) is 3.09. The Labute approximate surface area is 110 Å². The zero-order valence-electron chi connectivity index (χ0n) is 11.6. The van der Waals surface area contributed by atoms with Gasteiger partial charge in [-0.15, -0.1) is 0 Å². The van der Waals surface area contributed by atoms with E-state index in [0.717, 1.165) is 38.3 Å². The van der Waals surface area contributed by atoms with Gasteiger partial charge in [0.1, 0.15) is 11.8 Å². The van der Waals surface area contributed by atoms with Crippen molar-refractivity contribution in [3.63, 3.8) is 0 Å². The third-order valence-electron chi connectivity index (χ3n) is 2.77. The lowest BCUT2D eigenvalue weighted by molar-refractivity contribution is 0.125. The van der Waals surface area contributed by atoms with E-state index in [1.54, 1.807) is 0 Å². The normalized spacial score (nSPS) is 10.8. The van der Waals surface area contributed by atoms with Crippen molar-refractivity contribution >= 4 is 0 Å². The second-order valence-corrected chi connectivity index (χ2v) is 4.93. The van der Waals surface area contributed by atoms with Gasteiger partial charge in [-0.3, -0.25) is 0 Å². The van der Waals surface area contributed by atoms with Crippen LogP contribution in [0, 0.1) is 17.2 Å². The number of aryl methyl sites for hydroxylation is 1. The summed E-state index contributed by atoms with van der Waals surface area (Å²) in [7, 11) is 1.89. The van der Waals surface area contributed by atoms with Crippen LogP contribution in [-0.4, -0.2) is 24.3 Å². The number of ether oxygens (including phenoxy) is 1. The van der Waals surface area contributed by atoms with Crippen molar-refractivity contribution in [3.8, 4) is 6.07 Å². The Morgan fingerprint density at radius 2 is 2.22 bits per heavy atom. The molecule has 0 bridgehead atoms. The maximum absolute atomic E-state index is 8.83. The maximum Gasteiger partial charge on any atom is 0.120 e. The van der Waals surface area contributed by atoms with Crippen molar-refractivity contribution in [1.29, 1.82) is 5.26 Å². The Bertz CT molecular complexity index is 390. The fraction of sp³-hybridized carbons (Fsp3) is 0.643. The predicted octanol–water partition coefficient (Wildman–Crippen LogP) is 2.05. The predicted molar refractivity (Wildman–Crippen MR) is 72.1 cm³/mol. The summed E-state index contributed by atoms with van der Waals surface area (Å²) >= 11 is 0. The molecule has 0 aliphatic carbocycles. The lowest BCUT2D eigenvalue weighted by Gasteiger charge is -2.07. The van der Waals surface area contributed by atoms with Crippen molar-refractivity contribution in [2.24, 2.45) is 13.0 Å². The van der Waals surface area contributed by atoms with E-state index in [4.69, 9.17) is 10.00 Å². The molecule has 0 aromatic carbocycles. The van der Waals surface area contributed by atoms with Crippen molar-refractivity contribution in [3.05, 3.63) is 23.5 Å². The molecule has 0 saturated heterocycles. The molecule has 0 saturated carbocycles. The van der Waals surface area contributed by atoms with E-state index in [1.807, 2.05) is 23.9 Å². The Balaban J connectivity index is 2.09. The lowest BCUT2D eigenvalue weighted by Crippen LogP contribution is -2.19. The van der Waals surface area contributed by atoms with E-state index in [1.165, 1.54) is 0 Å². The zero-order valence-corrected chi connectivity index (χ0v) is 11.6. The van der Waals surface area contributed by atoms with Crippen molar-refractivity contribution < 1.29 is 4.74 Å². The molecule has 1 aromatic heterocycles. The topological polar surface area (TPSA) is 50.0 Å². The molecule has 1 N–H and O–H groups in total. The van der Waals surface area contributed by atoms with E-state index in [-0.39, 0.29) is 0 Å². The summed E-state index contributed by atoms with van der Waals surface area (Å²) in [6, 6.07) is 4.06. The van der Waals surface area contributed by atoms with Crippen LogP contribution in [0.5, 0.6) is 0 Å².